The summed E-state index contributed by atoms with van der Waals surface area (Å²) in [6.07, 6.45) is 2.13. The molecule has 166 valence electrons. The monoisotopic (exact) mass is 471 g/mol. The van der Waals surface area contributed by atoms with Crippen molar-refractivity contribution in [2.75, 3.05) is 18.0 Å². The van der Waals surface area contributed by atoms with Crippen LogP contribution in [-0.2, 0) is 16.1 Å². The average Bonchev–Trinajstić information content (AvgIpc) is 3.18. The van der Waals surface area contributed by atoms with Crippen LogP contribution >= 0.6 is 22.9 Å². The Morgan fingerprint density at radius 1 is 1.19 bits per heavy atom. The third-order valence-electron chi connectivity index (χ3n) is 5.78. The molecule has 2 aromatic heterocycles. The third-order valence-corrected chi connectivity index (χ3v) is 6.90. The number of carbonyl (C=O) groups excluding carboxylic acids is 2. The van der Waals surface area contributed by atoms with Crippen molar-refractivity contribution >= 4 is 40.4 Å². The first-order valence-corrected chi connectivity index (χ1v) is 11.8. The number of rotatable bonds is 7. The summed E-state index contributed by atoms with van der Waals surface area (Å²) in [5.41, 5.74) is 0.586. The smallest absolute Gasteiger partial charge is 0.346 e. The Kier molecular flexibility index (Phi) is 5.60. The molecule has 8 nitrogen and oxygen atoms in total. The van der Waals surface area contributed by atoms with E-state index in [1.54, 1.807) is 45.1 Å². The lowest BCUT2D eigenvalue weighted by atomic mass is 10.1. The molecule has 0 spiro atoms. The van der Waals surface area contributed by atoms with Gasteiger partial charge in [0.2, 0.25) is 11.8 Å². The van der Waals surface area contributed by atoms with Gasteiger partial charge in [0, 0.05) is 36.3 Å². The van der Waals surface area contributed by atoms with Gasteiger partial charge in [-0.25, -0.2) is 9.48 Å². The predicted octanol–water partition coefficient (Wildman–Crippen LogP) is 2.93. The summed E-state index contributed by atoms with van der Waals surface area (Å²) in [6, 6.07) is 11.1. The van der Waals surface area contributed by atoms with Gasteiger partial charge in [-0.05, 0) is 48.6 Å². The molecule has 5 rings (SSSR count). The minimum Gasteiger partial charge on any atom is -0.354 e. The van der Waals surface area contributed by atoms with E-state index in [0.29, 0.717) is 17.4 Å². The van der Waals surface area contributed by atoms with E-state index in [1.165, 1.54) is 4.68 Å². The van der Waals surface area contributed by atoms with Gasteiger partial charge in [0.05, 0.1) is 17.3 Å². The first kappa shape index (κ1) is 21.0. The van der Waals surface area contributed by atoms with Crippen molar-refractivity contribution in [3.05, 3.63) is 57.3 Å². The van der Waals surface area contributed by atoms with E-state index < -0.39 is 5.92 Å². The second-order valence-corrected chi connectivity index (χ2v) is 9.46. The van der Waals surface area contributed by atoms with Gasteiger partial charge < -0.3 is 10.2 Å². The van der Waals surface area contributed by atoms with Crippen molar-refractivity contribution in [1.82, 2.24) is 19.7 Å². The molecule has 1 aromatic carbocycles. The van der Waals surface area contributed by atoms with Crippen LogP contribution in [0, 0.1) is 5.92 Å². The Morgan fingerprint density at radius 2 is 1.97 bits per heavy atom. The number of nitrogens with one attached hydrogen (secondary N) is 1. The largest absolute Gasteiger partial charge is 0.354 e. The standard InChI is InChI=1S/C22H22ClN5O3S/c23-15-3-5-16(6-4-15)26-13-14(12-19(26)29)21(30)24-9-10-27-22(31)28(17-7-8-17)20(25-27)18-2-1-11-32-18/h1-6,11,14,17H,7-10,12-13H2,(H,24,30). The molecule has 10 heteroatoms. The number of carbonyl (C=O) groups is 2. The van der Waals surface area contributed by atoms with Crippen molar-refractivity contribution in [1.29, 1.82) is 0 Å². The van der Waals surface area contributed by atoms with Gasteiger partial charge in [0.15, 0.2) is 5.82 Å². The second-order valence-electron chi connectivity index (χ2n) is 8.08. The summed E-state index contributed by atoms with van der Waals surface area (Å²) in [5.74, 6) is -0.0187. The highest BCUT2D eigenvalue weighted by Crippen LogP contribution is 2.37. The van der Waals surface area contributed by atoms with Crippen LogP contribution in [0.5, 0.6) is 0 Å². The van der Waals surface area contributed by atoms with E-state index in [4.69, 9.17) is 11.6 Å². The zero-order chi connectivity index (χ0) is 22.2. The van der Waals surface area contributed by atoms with Gasteiger partial charge in [-0.1, -0.05) is 17.7 Å². The van der Waals surface area contributed by atoms with Crippen LogP contribution in [0.2, 0.25) is 5.02 Å². The molecule has 3 aromatic rings. The van der Waals surface area contributed by atoms with Crippen molar-refractivity contribution in [3.63, 3.8) is 0 Å². The number of thiophene rings is 1. The Balaban J connectivity index is 1.21. The molecule has 1 N–H and O–H groups in total. The maximum absolute atomic E-state index is 12.9. The van der Waals surface area contributed by atoms with E-state index in [9.17, 15) is 14.4 Å². The molecule has 2 fully saturated rings. The van der Waals surface area contributed by atoms with Gasteiger partial charge in [0.1, 0.15) is 0 Å². The zero-order valence-corrected chi connectivity index (χ0v) is 18.8. The fraction of sp³-hybridized carbons (Fsp3) is 0.364. The lowest BCUT2D eigenvalue weighted by Gasteiger charge is -2.16. The number of amides is 2. The van der Waals surface area contributed by atoms with Gasteiger partial charge in [-0.3, -0.25) is 14.2 Å². The molecule has 0 radical (unpaired) electrons. The molecule has 1 saturated heterocycles. The molecule has 1 saturated carbocycles. The topological polar surface area (TPSA) is 89.2 Å². The second kappa shape index (κ2) is 8.55. The molecule has 1 unspecified atom stereocenters. The number of nitrogens with zero attached hydrogens (tertiary/aromatic N) is 4. The van der Waals surface area contributed by atoms with Gasteiger partial charge in [-0.15, -0.1) is 16.4 Å². The van der Waals surface area contributed by atoms with Crippen LogP contribution in [0.3, 0.4) is 0 Å². The summed E-state index contributed by atoms with van der Waals surface area (Å²) in [5, 5.41) is 9.96. The third kappa shape index (κ3) is 4.10. The Morgan fingerprint density at radius 3 is 2.66 bits per heavy atom. The quantitative estimate of drug-likeness (QED) is 0.573. The maximum Gasteiger partial charge on any atom is 0.346 e. The molecule has 0 bridgehead atoms. The van der Waals surface area contributed by atoms with Crippen LogP contribution in [0.1, 0.15) is 25.3 Å². The summed E-state index contributed by atoms with van der Waals surface area (Å²) >= 11 is 7.47. The lowest BCUT2D eigenvalue weighted by Crippen LogP contribution is -2.36. The summed E-state index contributed by atoms with van der Waals surface area (Å²) in [4.78, 5) is 40.5. The highest BCUT2D eigenvalue weighted by molar-refractivity contribution is 7.13. The number of benzene rings is 1. The molecular weight excluding hydrogens is 450 g/mol. The first-order chi connectivity index (χ1) is 15.5. The van der Waals surface area contributed by atoms with Gasteiger partial charge in [0.25, 0.3) is 0 Å². The van der Waals surface area contributed by atoms with Crippen LogP contribution in [0.4, 0.5) is 5.69 Å². The number of anilines is 1. The number of halogens is 1. The SMILES string of the molecule is O=C(NCCn1nc(-c2cccs2)n(C2CC2)c1=O)C1CC(=O)N(c2ccc(Cl)cc2)C1. The summed E-state index contributed by atoms with van der Waals surface area (Å²) in [7, 11) is 0. The minimum atomic E-state index is -0.430. The van der Waals surface area contributed by atoms with Gasteiger partial charge in [-0.2, -0.15) is 0 Å². The number of aromatic nitrogens is 3. The van der Waals surface area contributed by atoms with E-state index in [0.717, 1.165) is 23.4 Å². The molecule has 2 amide bonds. The molecule has 32 heavy (non-hydrogen) atoms. The van der Waals surface area contributed by atoms with Crippen molar-refractivity contribution in [2.45, 2.75) is 31.8 Å². The minimum absolute atomic E-state index is 0.0903. The Bertz CT molecular complexity index is 1200. The number of hydrogen-bond acceptors (Lipinski definition) is 5. The van der Waals surface area contributed by atoms with Crippen LogP contribution in [0.15, 0.2) is 46.6 Å². The fourth-order valence-corrected chi connectivity index (χ4v) is 4.82. The molecule has 2 aliphatic rings. The van der Waals surface area contributed by atoms with Crippen molar-refractivity contribution in [3.8, 4) is 10.7 Å². The van der Waals surface area contributed by atoms with Crippen molar-refractivity contribution in [2.24, 2.45) is 5.92 Å². The van der Waals surface area contributed by atoms with E-state index in [-0.39, 0.29) is 43.1 Å². The van der Waals surface area contributed by atoms with E-state index >= 15 is 0 Å². The fourth-order valence-electron chi connectivity index (χ4n) is 3.98. The van der Waals surface area contributed by atoms with E-state index in [2.05, 4.69) is 10.4 Å². The van der Waals surface area contributed by atoms with Crippen LogP contribution < -0.4 is 15.9 Å². The van der Waals surface area contributed by atoms with Crippen LogP contribution in [-0.4, -0.2) is 39.3 Å². The lowest BCUT2D eigenvalue weighted by molar-refractivity contribution is -0.126. The zero-order valence-electron chi connectivity index (χ0n) is 17.2. The molecular formula is C22H22ClN5O3S. The number of hydrogen-bond donors (Lipinski definition) is 1. The molecule has 1 aliphatic heterocycles. The maximum atomic E-state index is 12.9. The summed E-state index contributed by atoms with van der Waals surface area (Å²) in [6.45, 7) is 0.880. The predicted molar refractivity (Wildman–Crippen MR) is 123 cm³/mol. The normalized spacial score (nSPS) is 18.3. The molecule has 1 atom stereocenters. The van der Waals surface area contributed by atoms with Crippen molar-refractivity contribution < 1.29 is 9.59 Å². The molecule has 3 heterocycles. The van der Waals surface area contributed by atoms with E-state index in [1.807, 2.05) is 17.5 Å². The summed E-state index contributed by atoms with van der Waals surface area (Å²) < 4.78 is 3.20. The van der Waals surface area contributed by atoms with Crippen LogP contribution in [0.25, 0.3) is 10.7 Å². The highest BCUT2D eigenvalue weighted by atomic mass is 35.5. The average molecular weight is 472 g/mol. The molecule has 1 aliphatic carbocycles. The van der Waals surface area contributed by atoms with Gasteiger partial charge >= 0.3 is 5.69 Å². The Hall–Kier alpha value is -2.91. The Labute approximate surface area is 193 Å². The first-order valence-electron chi connectivity index (χ1n) is 10.6. The highest BCUT2D eigenvalue weighted by Gasteiger charge is 2.35.